The van der Waals surface area contributed by atoms with Crippen molar-refractivity contribution in [3.8, 4) is 11.5 Å². The maximum absolute atomic E-state index is 12.7. The standard InChI is InChI=1S/C22H22ClNO5/c1-28-18-12-16(20(19(25)13-18)22(27)29-2)10-14-6-8-24(9-7-14)21(26)15-4-3-5-17(23)11-15/h3-5,10-13,25H,6-9H2,1-2H3. The van der Waals surface area contributed by atoms with E-state index in [0.717, 1.165) is 5.57 Å². The molecule has 0 saturated carbocycles. The van der Waals surface area contributed by atoms with E-state index in [1.807, 2.05) is 6.08 Å². The van der Waals surface area contributed by atoms with E-state index in [2.05, 4.69) is 0 Å². The fourth-order valence-corrected chi connectivity index (χ4v) is 3.53. The number of esters is 1. The lowest BCUT2D eigenvalue weighted by atomic mass is 9.97. The Morgan fingerprint density at radius 2 is 1.86 bits per heavy atom. The highest BCUT2D eigenvalue weighted by Gasteiger charge is 2.22. The minimum Gasteiger partial charge on any atom is -0.507 e. The Morgan fingerprint density at radius 3 is 2.48 bits per heavy atom. The predicted molar refractivity (Wildman–Crippen MR) is 111 cm³/mol. The van der Waals surface area contributed by atoms with Crippen LogP contribution in [0.3, 0.4) is 0 Å². The van der Waals surface area contributed by atoms with Gasteiger partial charge in [-0.05, 0) is 42.7 Å². The molecule has 0 unspecified atom stereocenters. The van der Waals surface area contributed by atoms with Gasteiger partial charge in [0.25, 0.3) is 5.91 Å². The van der Waals surface area contributed by atoms with E-state index in [9.17, 15) is 14.7 Å². The van der Waals surface area contributed by atoms with Crippen molar-refractivity contribution in [2.75, 3.05) is 27.3 Å². The van der Waals surface area contributed by atoms with Crippen molar-refractivity contribution in [1.82, 2.24) is 4.90 Å². The van der Waals surface area contributed by atoms with Gasteiger partial charge in [0.15, 0.2) is 0 Å². The molecule has 0 atom stereocenters. The van der Waals surface area contributed by atoms with E-state index in [1.54, 1.807) is 35.2 Å². The number of rotatable bonds is 4. The van der Waals surface area contributed by atoms with E-state index in [4.69, 9.17) is 21.1 Å². The molecule has 0 aromatic heterocycles. The maximum Gasteiger partial charge on any atom is 0.342 e. The summed E-state index contributed by atoms with van der Waals surface area (Å²) in [6, 6.07) is 9.97. The number of hydrogen-bond donors (Lipinski definition) is 1. The van der Waals surface area contributed by atoms with Crippen LogP contribution in [0.2, 0.25) is 5.02 Å². The molecule has 152 valence electrons. The number of likely N-dealkylation sites (tertiary alicyclic amines) is 1. The van der Waals surface area contributed by atoms with Gasteiger partial charge in [-0.1, -0.05) is 29.3 Å². The second kappa shape index (κ2) is 9.01. The Bertz CT molecular complexity index is 960. The van der Waals surface area contributed by atoms with Gasteiger partial charge in [-0.3, -0.25) is 4.79 Å². The molecule has 2 aromatic rings. The first-order valence-electron chi connectivity index (χ1n) is 9.16. The van der Waals surface area contributed by atoms with Gasteiger partial charge in [0, 0.05) is 29.7 Å². The number of amides is 1. The Hall–Kier alpha value is -2.99. The number of phenolic OH excluding ortho intramolecular Hbond substituents is 1. The second-order valence-electron chi connectivity index (χ2n) is 6.71. The summed E-state index contributed by atoms with van der Waals surface area (Å²) in [6.45, 7) is 1.11. The fourth-order valence-electron chi connectivity index (χ4n) is 3.34. The molecule has 1 aliphatic rings. The van der Waals surface area contributed by atoms with Crippen LogP contribution in [0, 0.1) is 0 Å². The molecule has 0 aliphatic carbocycles. The number of aromatic hydroxyl groups is 1. The summed E-state index contributed by atoms with van der Waals surface area (Å²) < 4.78 is 9.99. The Kier molecular flexibility index (Phi) is 6.44. The van der Waals surface area contributed by atoms with Crippen molar-refractivity contribution in [2.45, 2.75) is 12.8 Å². The van der Waals surface area contributed by atoms with Crippen LogP contribution in [0.15, 0.2) is 42.0 Å². The summed E-state index contributed by atoms with van der Waals surface area (Å²) in [4.78, 5) is 26.6. The lowest BCUT2D eigenvalue weighted by molar-refractivity contribution is 0.0597. The highest BCUT2D eigenvalue weighted by molar-refractivity contribution is 6.30. The highest BCUT2D eigenvalue weighted by Crippen LogP contribution is 2.31. The molecule has 1 amide bonds. The van der Waals surface area contributed by atoms with Crippen molar-refractivity contribution >= 4 is 29.6 Å². The van der Waals surface area contributed by atoms with Crippen molar-refractivity contribution in [3.05, 3.63) is 63.7 Å². The third-order valence-corrected chi connectivity index (χ3v) is 5.11. The Balaban J connectivity index is 1.79. The van der Waals surface area contributed by atoms with Crippen LogP contribution in [-0.2, 0) is 4.74 Å². The topological polar surface area (TPSA) is 76.1 Å². The SMILES string of the molecule is COC(=O)c1c(O)cc(OC)cc1C=C1CCN(C(=O)c2cccc(Cl)c2)CC1. The Morgan fingerprint density at radius 1 is 1.14 bits per heavy atom. The molecule has 0 spiro atoms. The fraction of sp³-hybridized carbons (Fsp3) is 0.273. The molecule has 6 nitrogen and oxygen atoms in total. The minimum absolute atomic E-state index is 0.0548. The molecule has 1 saturated heterocycles. The van der Waals surface area contributed by atoms with Crippen molar-refractivity contribution in [1.29, 1.82) is 0 Å². The summed E-state index contributed by atoms with van der Waals surface area (Å²) in [7, 11) is 2.76. The van der Waals surface area contributed by atoms with Gasteiger partial charge in [0.1, 0.15) is 17.1 Å². The molecule has 0 bridgehead atoms. The quantitative estimate of drug-likeness (QED) is 0.759. The van der Waals surface area contributed by atoms with Gasteiger partial charge in [-0.2, -0.15) is 0 Å². The van der Waals surface area contributed by atoms with Crippen molar-refractivity contribution in [2.24, 2.45) is 0 Å². The lowest BCUT2D eigenvalue weighted by Gasteiger charge is -2.29. The van der Waals surface area contributed by atoms with E-state index >= 15 is 0 Å². The van der Waals surface area contributed by atoms with Crippen LogP contribution in [0.25, 0.3) is 6.08 Å². The number of carbonyl (C=O) groups is 2. The molecule has 0 radical (unpaired) electrons. The molecular formula is C22H22ClNO5. The summed E-state index contributed by atoms with van der Waals surface area (Å²) in [5, 5.41) is 10.8. The van der Waals surface area contributed by atoms with Gasteiger partial charge in [-0.25, -0.2) is 4.79 Å². The zero-order chi connectivity index (χ0) is 21.0. The monoisotopic (exact) mass is 415 g/mol. The minimum atomic E-state index is -0.620. The number of halogens is 1. The van der Waals surface area contributed by atoms with Crippen molar-refractivity contribution in [3.63, 3.8) is 0 Å². The van der Waals surface area contributed by atoms with E-state index in [0.29, 0.717) is 47.8 Å². The molecule has 1 N–H and O–H groups in total. The molecule has 1 fully saturated rings. The number of benzene rings is 2. The number of methoxy groups -OCH3 is 2. The van der Waals surface area contributed by atoms with E-state index in [1.165, 1.54) is 20.3 Å². The first kappa shape index (κ1) is 20.7. The van der Waals surface area contributed by atoms with E-state index in [-0.39, 0.29) is 17.2 Å². The molecule has 1 heterocycles. The number of piperidine rings is 1. The summed E-state index contributed by atoms with van der Waals surface area (Å²) >= 11 is 5.98. The summed E-state index contributed by atoms with van der Waals surface area (Å²) in [6.07, 6.45) is 3.17. The van der Waals surface area contributed by atoms with Crippen molar-refractivity contribution < 1.29 is 24.2 Å². The second-order valence-corrected chi connectivity index (χ2v) is 7.14. The number of ether oxygens (including phenoxy) is 2. The zero-order valence-electron chi connectivity index (χ0n) is 16.3. The largest absolute Gasteiger partial charge is 0.507 e. The molecular weight excluding hydrogens is 394 g/mol. The van der Waals surface area contributed by atoms with E-state index < -0.39 is 5.97 Å². The van der Waals surface area contributed by atoms with Gasteiger partial charge < -0.3 is 19.5 Å². The smallest absolute Gasteiger partial charge is 0.342 e. The van der Waals surface area contributed by atoms with Crippen LogP contribution in [0.5, 0.6) is 11.5 Å². The van der Waals surface area contributed by atoms with Crippen LogP contribution in [0.4, 0.5) is 0 Å². The van der Waals surface area contributed by atoms with Gasteiger partial charge in [-0.15, -0.1) is 0 Å². The number of carbonyl (C=O) groups excluding carboxylic acids is 2. The zero-order valence-corrected chi connectivity index (χ0v) is 17.0. The van der Waals surface area contributed by atoms with Crippen LogP contribution in [-0.4, -0.2) is 49.2 Å². The average molecular weight is 416 g/mol. The van der Waals surface area contributed by atoms with Crippen LogP contribution in [0.1, 0.15) is 39.1 Å². The summed E-state index contributed by atoms with van der Waals surface area (Å²) in [5.41, 5.74) is 2.25. The predicted octanol–water partition coefficient (Wildman–Crippen LogP) is 4.16. The lowest BCUT2D eigenvalue weighted by Crippen LogP contribution is -2.36. The molecule has 7 heteroatoms. The maximum atomic E-state index is 12.7. The third-order valence-electron chi connectivity index (χ3n) is 4.87. The summed E-state index contributed by atoms with van der Waals surface area (Å²) in [5.74, 6) is -0.432. The molecule has 2 aromatic carbocycles. The van der Waals surface area contributed by atoms with Crippen LogP contribution < -0.4 is 4.74 Å². The molecule has 29 heavy (non-hydrogen) atoms. The molecule has 1 aliphatic heterocycles. The molecule has 3 rings (SSSR count). The van der Waals surface area contributed by atoms with Gasteiger partial charge >= 0.3 is 5.97 Å². The Labute approximate surface area is 174 Å². The average Bonchev–Trinajstić information content (AvgIpc) is 2.73. The number of hydrogen-bond acceptors (Lipinski definition) is 5. The first-order valence-corrected chi connectivity index (χ1v) is 9.54. The highest BCUT2D eigenvalue weighted by atomic mass is 35.5. The third kappa shape index (κ3) is 4.71. The number of phenols is 1. The normalized spacial score (nSPS) is 13.8. The van der Waals surface area contributed by atoms with Gasteiger partial charge in [0.2, 0.25) is 0 Å². The van der Waals surface area contributed by atoms with Crippen LogP contribution >= 0.6 is 11.6 Å². The number of nitrogens with zero attached hydrogens (tertiary/aromatic N) is 1. The first-order chi connectivity index (χ1) is 13.9. The van der Waals surface area contributed by atoms with Gasteiger partial charge in [0.05, 0.1) is 14.2 Å².